The van der Waals surface area contributed by atoms with Gasteiger partial charge in [0.2, 0.25) is 5.91 Å². The van der Waals surface area contributed by atoms with Crippen molar-refractivity contribution in [2.75, 3.05) is 20.2 Å². The van der Waals surface area contributed by atoms with Gasteiger partial charge in [-0.2, -0.15) is 0 Å². The van der Waals surface area contributed by atoms with Gasteiger partial charge < -0.3 is 15.0 Å². The summed E-state index contributed by atoms with van der Waals surface area (Å²) in [6.45, 7) is 2.21. The van der Waals surface area contributed by atoms with Crippen molar-refractivity contribution in [3.8, 4) is 0 Å². The Morgan fingerprint density at radius 3 is 3.05 bits per heavy atom. The van der Waals surface area contributed by atoms with E-state index in [0.717, 1.165) is 13.0 Å². The van der Waals surface area contributed by atoms with Crippen LogP contribution in [0.1, 0.15) is 30.0 Å². The number of amides is 1. The summed E-state index contributed by atoms with van der Waals surface area (Å²) < 4.78 is 5.66. The molecule has 2 unspecified atom stereocenters. The molecular weight excluding hydrogens is 240 g/mol. The maximum atomic E-state index is 11.5. The molecule has 1 aromatic rings. The minimum Gasteiger partial charge on any atom is -0.375 e. The third-order valence-corrected chi connectivity index (χ3v) is 4.04. The summed E-state index contributed by atoms with van der Waals surface area (Å²) in [7, 11) is 1.88. The highest BCUT2D eigenvalue weighted by atomic mass is 16.5. The SMILES string of the molecule is CN1CC(NC2COCc3ccccc32)CCC1=O. The van der Waals surface area contributed by atoms with Crippen molar-refractivity contribution >= 4 is 5.91 Å². The van der Waals surface area contributed by atoms with E-state index < -0.39 is 0 Å². The van der Waals surface area contributed by atoms with Crippen LogP contribution in [0, 0.1) is 0 Å². The van der Waals surface area contributed by atoms with Crippen molar-refractivity contribution in [2.45, 2.75) is 31.5 Å². The highest BCUT2D eigenvalue weighted by molar-refractivity contribution is 5.76. The van der Waals surface area contributed by atoms with E-state index in [1.165, 1.54) is 11.1 Å². The number of hydrogen-bond acceptors (Lipinski definition) is 3. The van der Waals surface area contributed by atoms with Crippen molar-refractivity contribution < 1.29 is 9.53 Å². The van der Waals surface area contributed by atoms with Crippen LogP contribution in [0.3, 0.4) is 0 Å². The smallest absolute Gasteiger partial charge is 0.222 e. The summed E-state index contributed by atoms with van der Waals surface area (Å²) >= 11 is 0. The lowest BCUT2D eigenvalue weighted by atomic mass is 9.97. The second kappa shape index (κ2) is 5.31. The number of hydrogen-bond donors (Lipinski definition) is 1. The average Bonchev–Trinajstić information content (AvgIpc) is 2.43. The fourth-order valence-corrected chi connectivity index (χ4v) is 2.95. The summed E-state index contributed by atoms with van der Waals surface area (Å²) in [5.41, 5.74) is 2.61. The van der Waals surface area contributed by atoms with E-state index >= 15 is 0 Å². The monoisotopic (exact) mass is 260 g/mol. The first kappa shape index (κ1) is 12.6. The zero-order valence-corrected chi connectivity index (χ0v) is 11.3. The van der Waals surface area contributed by atoms with Crippen LogP contribution in [0.25, 0.3) is 0 Å². The lowest BCUT2D eigenvalue weighted by molar-refractivity contribution is -0.132. The number of nitrogens with zero attached hydrogens (tertiary/aromatic N) is 1. The van der Waals surface area contributed by atoms with E-state index in [1.54, 1.807) is 0 Å². The Morgan fingerprint density at radius 1 is 1.37 bits per heavy atom. The Balaban J connectivity index is 1.69. The van der Waals surface area contributed by atoms with Crippen LogP contribution >= 0.6 is 0 Å². The summed E-state index contributed by atoms with van der Waals surface area (Å²) in [4.78, 5) is 13.3. The number of carbonyl (C=O) groups is 1. The minimum absolute atomic E-state index is 0.247. The van der Waals surface area contributed by atoms with Gasteiger partial charge in [-0.1, -0.05) is 24.3 Å². The standard InChI is InChI=1S/C15H20N2O2/c1-17-8-12(6-7-15(17)18)16-14-10-19-9-11-4-2-3-5-13(11)14/h2-5,12,14,16H,6-10H2,1H3. The van der Waals surface area contributed by atoms with Crippen LogP contribution in [0.4, 0.5) is 0 Å². The van der Waals surface area contributed by atoms with Crippen molar-refractivity contribution in [1.82, 2.24) is 10.2 Å². The van der Waals surface area contributed by atoms with Crippen molar-refractivity contribution in [3.63, 3.8) is 0 Å². The van der Waals surface area contributed by atoms with Crippen LogP contribution in [-0.2, 0) is 16.1 Å². The maximum absolute atomic E-state index is 11.5. The van der Waals surface area contributed by atoms with Gasteiger partial charge in [-0.25, -0.2) is 0 Å². The highest BCUT2D eigenvalue weighted by Gasteiger charge is 2.27. The molecule has 1 amide bonds. The number of rotatable bonds is 2. The van der Waals surface area contributed by atoms with E-state index in [9.17, 15) is 4.79 Å². The minimum atomic E-state index is 0.247. The van der Waals surface area contributed by atoms with Gasteiger partial charge in [-0.15, -0.1) is 0 Å². The third kappa shape index (κ3) is 2.65. The number of ether oxygens (including phenoxy) is 1. The Kier molecular flexibility index (Phi) is 3.53. The number of likely N-dealkylation sites (N-methyl/N-ethyl adjacent to an activating group) is 1. The maximum Gasteiger partial charge on any atom is 0.222 e. The van der Waals surface area contributed by atoms with Crippen molar-refractivity contribution in [1.29, 1.82) is 0 Å². The molecule has 0 bridgehead atoms. The molecule has 1 fully saturated rings. The van der Waals surface area contributed by atoms with Gasteiger partial charge in [0.15, 0.2) is 0 Å². The predicted molar refractivity (Wildman–Crippen MR) is 72.6 cm³/mol. The normalized spacial score (nSPS) is 27.2. The lowest BCUT2D eigenvalue weighted by Gasteiger charge is -2.35. The number of benzene rings is 1. The molecule has 2 heterocycles. The first-order valence-electron chi connectivity index (χ1n) is 6.89. The van der Waals surface area contributed by atoms with E-state index in [-0.39, 0.29) is 11.9 Å². The van der Waals surface area contributed by atoms with Gasteiger partial charge in [-0.3, -0.25) is 4.79 Å². The average molecular weight is 260 g/mol. The molecular formula is C15H20N2O2. The van der Waals surface area contributed by atoms with Gasteiger partial charge in [0.05, 0.1) is 19.3 Å². The van der Waals surface area contributed by atoms with E-state index in [0.29, 0.717) is 25.7 Å². The zero-order chi connectivity index (χ0) is 13.2. The molecule has 4 heteroatoms. The van der Waals surface area contributed by atoms with E-state index in [2.05, 4.69) is 29.6 Å². The van der Waals surface area contributed by atoms with Crippen molar-refractivity contribution in [2.24, 2.45) is 0 Å². The molecule has 4 nitrogen and oxygen atoms in total. The fourth-order valence-electron chi connectivity index (χ4n) is 2.95. The second-order valence-corrected chi connectivity index (χ2v) is 5.44. The van der Waals surface area contributed by atoms with Crippen LogP contribution < -0.4 is 5.32 Å². The van der Waals surface area contributed by atoms with Crippen LogP contribution in [0.5, 0.6) is 0 Å². The number of likely N-dealkylation sites (tertiary alicyclic amines) is 1. The molecule has 2 aliphatic heterocycles. The number of fused-ring (bicyclic) bond motifs is 1. The fraction of sp³-hybridized carbons (Fsp3) is 0.533. The number of piperidine rings is 1. The predicted octanol–water partition coefficient (Wildman–Crippen LogP) is 1.47. The lowest BCUT2D eigenvalue weighted by Crippen LogP contribution is -2.48. The van der Waals surface area contributed by atoms with Crippen molar-refractivity contribution in [3.05, 3.63) is 35.4 Å². The van der Waals surface area contributed by atoms with Gasteiger partial charge >= 0.3 is 0 Å². The topological polar surface area (TPSA) is 41.6 Å². The highest BCUT2D eigenvalue weighted by Crippen LogP contribution is 2.25. The second-order valence-electron chi connectivity index (χ2n) is 5.44. The zero-order valence-electron chi connectivity index (χ0n) is 11.3. The quantitative estimate of drug-likeness (QED) is 0.875. The van der Waals surface area contributed by atoms with Gasteiger partial charge in [0, 0.05) is 26.1 Å². The molecule has 0 aromatic heterocycles. The molecule has 1 aromatic carbocycles. The van der Waals surface area contributed by atoms with Crippen LogP contribution in [0.15, 0.2) is 24.3 Å². The number of nitrogens with one attached hydrogen (secondary N) is 1. The van der Waals surface area contributed by atoms with Gasteiger partial charge in [-0.05, 0) is 17.5 Å². The summed E-state index contributed by atoms with van der Waals surface area (Å²) in [6, 6.07) is 9.04. The largest absolute Gasteiger partial charge is 0.375 e. The molecule has 1 saturated heterocycles. The Hall–Kier alpha value is -1.39. The molecule has 2 atom stereocenters. The summed E-state index contributed by atoms with van der Waals surface area (Å²) in [5, 5.41) is 3.65. The Labute approximate surface area is 113 Å². The first-order valence-corrected chi connectivity index (χ1v) is 6.89. The third-order valence-electron chi connectivity index (χ3n) is 4.04. The Bertz CT molecular complexity index is 475. The number of carbonyl (C=O) groups excluding carboxylic acids is 1. The molecule has 3 rings (SSSR count). The van der Waals surface area contributed by atoms with Gasteiger partial charge in [0.25, 0.3) is 0 Å². The first-order chi connectivity index (χ1) is 9.24. The molecule has 0 saturated carbocycles. The van der Waals surface area contributed by atoms with E-state index in [1.807, 2.05) is 11.9 Å². The summed E-state index contributed by atoms with van der Waals surface area (Å²) in [6.07, 6.45) is 1.56. The van der Waals surface area contributed by atoms with Crippen LogP contribution in [-0.4, -0.2) is 37.0 Å². The Morgan fingerprint density at radius 2 is 2.21 bits per heavy atom. The molecule has 102 valence electrons. The van der Waals surface area contributed by atoms with Gasteiger partial charge in [0.1, 0.15) is 0 Å². The molecule has 0 aliphatic carbocycles. The molecule has 1 N–H and O–H groups in total. The van der Waals surface area contributed by atoms with Crippen LogP contribution in [0.2, 0.25) is 0 Å². The van der Waals surface area contributed by atoms with E-state index in [4.69, 9.17) is 4.74 Å². The summed E-state index contributed by atoms with van der Waals surface area (Å²) in [5.74, 6) is 0.248. The molecule has 0 spiro atoms. The molecule has 0 radical (unpaired) electrons. The molecule has 19 heavy (non-hydrogen) atoms. The molecule has 2 aliphatic rings.